The molecule has 0 aromatic heterocycles. The summed E-state index contributed by atoms with van der Waals surface area (Å²) in [6.07, 6.45) is 5.42. The Morgan fingerprint density at radius 1 is 1.15 bits per heavy atom. The summed E-state index contributed by atoms with van der Waals surface area (Å²) in [5.74, 6) is 0. The second-order valence-corrected chi connectivity index (χ2v) is 3.37. The van der Waals surface area contributed by atoms with Crippen LogP contribution in [-0.4, -0.2) is 0 Å². The van der Waals surface area contributed by atoms with Crippen molar-refractivity contribution in [2.75, 3.05) is 0 Å². The molecule has 1 aliphatic carbocycles. The van der Waals surface area contributed by atoms with E-state index >= 15 is 0 Å². The third kappa shape index (κ3) is 0.919. The van der Waals surface area contributed by atoms with Gasteiger partial charge in [-0.05, 0) is 34.4 Å². The molecule has 3 rings (SSSR count). The first kappa shape index (κ1) is 6.90. The van der Waals surface area contributed by atoms with Crippen LogP contribution in [0.15, 0.2) is 36.4 Å². The van der Waals surface area contributed by atoms with E-state index in [1.54, 1.807) is 0 Å². The van der Waals surface area contributed by atoms with Gasteiger partial charge in [-0.25, -0.2) is 0 Å². The van der Waals surface area contributed by atoms with Crippen molar-refractivity contribution in [2.45, 2.75) is 6.42 Å². The van der Waals surface area contributed by atoms with Crippen LogP contribution in [0.4, 0.5) is 0 Å². The predicted octanol–water partition coefficient (Wildman–Crippen LogP) is 3.21. The first-order valence-corrected chi connectivity index (χ1v) is 4.54. The second kappa shape index (κ2) is 2.46. The zero-order chi connectivity index (χ0) is 8.67. The fraction of sp³-hybridized carbons (Fsp3) is 0.0769. The Labute approximate surface area is 77.5 Å². The predicted molar refractivity (Wildman–Crippen MR) is 55.5 cm³/mol. The molecule has 0 spiro atoms. The van der Waals surface area contributed by atoms with Crippen LogP contribution < -0.4 is 0 Å². The van der Waals surface area contributed by atoms with Crippen molar-refractivity contribution in [3.63, 3.8) is 0 Å². The van der Waals surface area contributed by atoms with E-state index in [0.717, 1.165) is 6.42 Å². The Bertz CT molecular complexity index is 487. The number of hydrogen-bond donors (Lipinski definition) is 0. The highest BCUT2D eigenvalue weighted by Crippen LogP contribution is 2.27. The lowest BCUT2D eigenvalue weighted by molar-refractivity contribution is 1.29. The van der Waals surface area contributed by atoms with Gasteiger partial charge in [0.25, 0.3) is 0 Å². The molecular weight excluding hydrogens is 156 g/mol. The number of allylic oxidation sites excluding steroid dienone is 1. The largest absolute Gasteiger partial charge is 0.0795 e. The van der Waals surface area contributed by atoms with E-state index in [4.69, 9.17) is 0 Å². The Morgan fingerprint density at radius 2 is 2.15 bits per heavy atom. The molecule has 61 valence electrons. The lowest BCUT2D eigenvalue weighted by atomic mass is 9.93. The summed E-state index contributed by atoms with van der Waals surface area (Å²) >= 11 is 0. The van der Waals surface area contributed by atoms with Crippen molar-refractivity contribution in [1.29, 1.82) is 0 Å². The Hall–Kier alpha value is -1.56. The normalized spacial score (nSPS) is 13.5. The molecular formula is C13H9. The van der Waals surface area contributed by atoms with Crippen LogP contribution in [-0.2, 0) is 6.42 Å². The Kier molecular flexibility index (Phi) is 1.31. The third-order valence-corrected chi connectivity index (χ3v) is 2.57. The van der Waals surface area contributed by atoms with E-state index in [1.807, 2.05) is 6.07 Å². The summed E-state index contributed by atoms with van der Waals surface area (Å²) in [7, 11) is 0. The molecule has 0 heteroatoms. The first-order chi connectivity index (χ1) is 6.45. The molecule has 0 nitrogen and oxygen atoms in total. The SMILES string of the molecule is [c]1ccc2cccc3c2c1CC=C3. The molecule has 0 bridgehead atoms. The van der Waals surface area contributed by atoms with Crippen LogP contribution in [0.25, 0.3) is 16.8 Å². The minimum Gasteiger partial charge on any atom is -0.0795 e. The Balaban J connectivity index is 2.56. The highest BCUT2D eigenvalue weighted by Gasteiger charge is 2.06. The van der Waals surface area contributed by atoms with Crippen molar-refractivity contribution >= 4 is 16.8 Å². The summed E-state index contributed by atoms with van der Waals surface area (Å²) in [6, 6.07) is 13.9. The molecule has 1 aliphatic rings. The van der Waals surface area contributed by atoms with Crippen LogP contribution in [0.5, 0.6) is 0 Å². The van der Waals surface area contributed by atoms with Gasteiger partial charge in [-0.1, -0.05) is 42.5 Å². The van der Waals surface area contributed by atoms with Gasteiger partial charge in [0.15, 0.2) is 0 Å². The average molecular weight is 165 g/mol. The molecule has 0 heterocycles. The average Bonchev–Trinajstić information content (AvgIpc) is 2.19. The van der Waals surface area contributed by atoms with Crippen molar-refractivity contribution in [3.8, 4) is 0 Å². The monoisotopic (exact) mass is 165 g/mol. The van der Waals surface area contributed by atoms with E-state index in [-0.39, 0.29) is 0 Å². The summed E-state index contributed by atoms with van der Waals surface area (Å²) in [4.78, 5) is 0. The zero-order valence-electron chi connectivity index (χ0n) is 7.25. The lowest BCUT2D eigenvalue weighted by Crippen LogP contribution is -1.91. The summed E-state index contributed by atoms with van der Waals surface area (Å²) < 4.78 is 0. The van der Waals surface area contributed by atoms with Gasteiger partial charge in [-0.2, -0.15) is 0 Å². The Morgan fingerprint density at radius 3 is 3.15 bits per heavy atom. The molecule has 1 radical (unpaired) electrons. The van der Waals surface area contributed by atoms with Crippen LogP contribution in [0.2, 0.25) is 0 Å². The van der Waals surface area contributed by atoms with Crippen LogP contribution in [0.3, 0.4) is 0 Å². The maximum absolute atomic E-state index is 3.30. The maximum Gasteiger partial charge on any atom is -0.00701 e. The minimum atomic E-state index is 1.02. The highest BCUT2D eigenvalue weighted by atomic mass is 14.1. The van der Waals surface area contributed by atoms with Gasteiger partial charge in [0, 0.05) is 0 Å². The molecule has 0 atom stereocenters. The molecule has 0 saturated heterocycles. The second-order valence-electron chi connectivity index (χ2n) is 3.37. The van der Waals surface area contributed by atoms with Gasteiger partial charge in [0.05, 0.1) is 0 Å². The number of benzene rings is 2. The first-order valence-electron chi connectivity index (χ1n) is 4.54. The summed E-state index contributed by atoms with van der Waals surface area (Å²) in [5.41, 5.74) is 2.66. The van der Waals surface area contributed by atoms with Crippen molar-refractivity contribution in [3.05, 3.63) is 53.6 Å². The highest BCUT2D eigenvalue weighted by molar-refractivity contribution is 5.94. The van der Waals surface area contributed by atoms with Crippen LogP contribution in [0.1, 0.15) is 11.1 Å². The van der Waals surface area contributed by atoms with Gasteiger partial charge in [-0.15, -0.1) is 0 Å². The molecule has 0 aliphatic heterocycles. The van der Waals surface area contributed by atoms with E-state index in [2.05, 4.69) is 42.5 Å². The van der Waals surface area contributed by atoms with Gasteiger partial charge in [-0.3, -0.25) is 0 Å². The van der Waals surface area contributed by atoms with Gasteiger partial charge < -0.3 is 0 Å². The quantitative estimate of drug-likeness (QED) is 0.562. The standard InChI is InChI=1S/C13H9/c1-4-10-6-2-8-12-9-3-7-11(5-1)13(10)12/h1-7H,8H2. The maximum atomic E-state index is 3.30. The fourth-order valence-electron chi connectivity index (χ4n) is 1.98. The number of rotatable bonds is 0. The van der Waals surface area contributed by atoms with Crippen molar-refractivity contribution < 1.29 is 0 Å². The summed E-state index contributed by atoms with van der Waals surface area (Å²) in [5, 5.41) is 2.71. The van der Waals surface area contributed by atoms with E-state index < -0.39 is 0 Å². The van der Waals surface area contributed by atoms with Gasteiger partial charge in [0.2, 0.25) is 0 Å². The molecule has 2 aromatic rings. The molecule has 2 aromatic carbocycles. The number of hydrogen-bond acceptors (Lipinski definition) is 0. The van der Waals surface area contributed by atoms with Crippen LogP contribution >= 0.6 is 0 Å². The molecule has 0 fully saturated rings. The molecule has 0 saturated carbocycles. The summed E-state index contributed by atoms with van der Waals surface area (Å²) in [6.45, 7) is 0. The molecule has 13 heavy (non-hydrogen) atoms. The van der Waals surface area contributed by atoms with Gasteiger partial charge in [0.1, 0.15) is 0 Å². The fourth-order valence-corrected chi connectivity index (χ4v) is 1.98. The lowest BCUT2D eigenvalue weighted by Gasteiger charge is -2.11. The van der Waals surface area contributed by atoms with Crippen molar-refractivity contribution in [2.24, 2.45) is 0 Å². The van der Waals surface area contributed by atoms with Crippen molar-refractivity contribution in [1.82, 2.24) is 0 Å². The van der Waals surface area contributed by atoms with E-state index in [0.29, 0.717) is 0 Å². The van der Waals surface area contributed by atoms with E-state index in [1.165, 1.54) is 21.9 Å². The third-order valence-electron chi connectivity index (χ3n) is 2.57. The molecule has 0 unspecified atom stereocenters. The van der Waals surface area contributed by atoms with Crippen LogP contribution in [0, 0.1) is 6.07 Å². The van der Waals surface area contributed by atoms with E-state index in [9.17, 15) is 0 Å². The minimum absolute atomic E-state index is 1.02. The van der Waals surface area contributed by atoms with Gasteiger partial charge >= 0.3 is 0 Å². The molecule has 0 amide bonds. The topological polar surface area (TPSA) is 0 Å². The smallest absolute Gasteiger partial charge is 0.00701 e. The zero-order valence-corrected chi connectivity index (χ0v) is 7.25. The molecule has 0 N–H and O–H groups in total.